The second-order valence-corrected chi connectivity index (χ2v) is 9.16. The number of anilines is 2. The average Bonchev–Trinajstić information content (AvgIpc) is 3.35. The number of aromatic nitrogens is 2. The minimum atomic E-state index is -0.00535. The molecule has 1 aromatic carbocycles. The maximum atomic E-state index is 13.2. The highest BCUT2D eigenvalue weighted by Gasteiger charge is 2.27. The van der Waals surface area contributed by atoms with Gasteiger partial charge in [0.25, 0.3) is 5.91 Å². The molecule has 3 heterocycles. The molecule has 0 spiro atoms. The summed E-state index contributed by atoms with van der Waals surface area (Å²) in [4.78, 5) is 24.2. The third-order valence-electron chi connectivity index (χ3n) is 5.04. The summed E-state index contributed by atoms with van der Waals surface area (Å²) in [6.07, 6.45) is 3.41. The number of fused-ring (bicyclic) bond motifs is 1. The average molecular weight is 407 g/mol. The standard InChI is InChI=1S/C23H26N4OS/c1-23(2,3)22-26-17(15-29-22)10-13-25-20-18(8-6-12-24-20)21(28)27-14-11-16-7-4-5-9-19(16)27/h4-9,12,15H,10-11,13-14H2,1-3H3,(H,24,25). The van der Waals surface area contributed by atoms with Crippen LogP contribution in [-0.2, 0) is 18.3 Å². The minimum Gasteiger partial charge on any atom is -0.369 e. The Morgan fingerprint density at radius 2 is 2.03 bits per heavy atom. The molecule has 1 amide bonds. The van der Waals surface area contributed by atoms with Crippen LogP contribution in [0, 0.1) is 0 Å². The molecule has 1 aliphatic heterocycles. The quantitative estimate of drug-likeness (QED) is 0.668. The highest BCUT2D eigenvalue weighted by molar-refractivity contribution is 7.09. The second-order valence-electron chi connectivity index (χ2n) is 8.31. The maximum absolute atomic E-state index is 13.2. The molecular formula is C23H26N4OS. The number of hydrogen-bond donors (Lipinski definition) is 1. The number of hydrogen-bond acceptors (Lipinski definition) is 5. The Hall–Kier alpha value is -2.73. The van der Waals surface area contributed by atoms with Crippen LogP contribution in [0.1, 0.15) is 47.4 Å². The number of pyridine rings is 1. The number of carbonyl (C=O) groups is 1. The highest BCUT2D eigenvalue weighted by atomic mass is 32.1. The summed E-state index contributed by atoms with van der Waals surface area (Å²) >= 11 is 1.71. The van der Waals surface area contributed by atoms with Gasteiger partial charge in [-0.1, -0.05) is 39.0 Å². The van der Waals surface area contributed by atoms with Crippen LogP contribution in [0.15, 0.2) is 48.0 Å². The van der Waals surface area contributed by atoms with Crippen LogP contribution in [0.25, 0.3) is 0 Å². The smallest absolute Gasteiger partial charge is 0.262 e. The van der Waals surface area contributed by atoms with Crippen LogP contribution in [-0.4, -0.2) is 29.0 Å². The van der Waals surface area contributed by atoms with E-state index in [2.05, 4.69) is 42.5 Å². The lowest BCUT2D eigenvalue weighted by Gasteiger charge is -2.19. The van der Waals surface area contributed by atoms with Crippen molar-refractivity contribution in [1.29, 1.82) is 0 Å². The van der Waals surface area contributed by atoms with Gasteiger partial charge in [0, 0.05) is 42.2 Å². The first-order chi connectivity index (χ1) is 13.9. The van der Waals surface area contributed by atoms with Gasteiger partial charge < -0.3 is 10.2 Å². The molecule has 3 aromatic rings. The summed E-state index contributed by atoms with van der Waals surface area (Å²) in [5.41, 5.74) is 3.98. The summed E-state index contributed by atoms with van der Waals surface area (Å²) in [6, 6.07) is 11.8. The number of carbonyl (C=O) groups excluding carboxylic acids is 1. The van der Waals surface area contributed by atoms with E-state index in [4.69, 9.17) is 4.98 Å². The highest BCUT2D eigenvalue weighted by Crippen LogP contribution is 2.30. The Morgan fingerprint density at radius 3 is 2.83 bits per heavy atom. The van der Waals surface area contributed by atoms with Crippen LogP contribution < -0.4 is 10.2 Å². The van der Waals surface area contributed by atoms with E-state index in [0.29, 0.717) is 24.5 Å². The predicted molar refractivity (Wildman–Crippen MR) is 119 cm³/mol. The molecule has 0 saturated heterocycles. The van der Waals surface area contributed by atoms with Crippen LogP contribution in [0.5, 0.6) is 0 Å². The van der Waals surface area contributed by atoms with Crippen molar-refractivity contribution in [2.24, 2.45) is 0 Å². The molecule has 150 valence electrons. The number of nitrogens with one attached hydrogen (secondary N) is 1. The van der Waals surface area contributed by atoms with Gasteiger partial charge in [0.15, 0.2) is 0 Å². The Kier molecular flexibility index (Phi) is 5.37. The molecular weight excluding hydrogens is 380 g/mol. The van der Waals surface area contributed by atoms with Gasteiger partial charge in [-0.05, 0) is 30.2 Å². The van der Waals surface area contributed by atoms with Crippen molar-refractivity contribution < 1.29 is 4.79 Å². The summed E-state index contributed by atoms with van der Waals surface area (Å²) in [6.45, 7) is 7.92. The van der Waals surface area contributed by atoms with E-state index in [9.17, 15) is 4.79 Å². The zero-order valence-corrected chi connectivity index (χ0v) is 17.9. The van der Waals surface area contributed by atoms with Gasteiger partial charge in [-0.2, -0.15) is 0 Å². The first kappa shape index (κ1) is 19.6. The molecule has 0 unspecified atom stereocenters. The molecule has 0 aliphatic carbocycles. The third-order valence-corrected chi connectivity index (χ3v) is 6.35. The molecule has 2 aromatic heterocycles. The number of thiazole rings is 1. The largest absolute Gasteiger partial charge is 0.369 e. The van der Waals surface area contributed by atoms with Gasteiger partial charge >= 0.3 is 0 Å². The molecule has 6 heteroatoms. The van der Waals surface area contributed by atoms with Crippen LogP contribution in [0.2, 0.25) is 0 Å². The van der Waals surface area contributed by atoms with Gasteiger partial charge in [-0.3, -0.25) is 4.79 Å². The lowest BCUT2D eigenvalue weighted by molar-refractivity contribution is 0.0990. The zero-order chi connectivity index (χ0) is 20.4. The van der Waals surface area contributed by atoms with Gasteiger partial charge in [0.2, 0.25) is 0 Å². The van der Waals surface area contributed by atoms with E-state index in [1.807, 2.05) is 35.2 Å². The van der Waals surface area contributed by atoms with E-state index in [0.717, 1.165) is 29.2 Å². The van der Waals surface area contributed by atoms with E-state index >= 15 is 0 Å². The molecule has 1 N–H and O–H groups in total. The molecule has 0 bridgehead atoms. The molecule has 0 radical (unpaired) electrons. The lowest BCUT2D eigenvalue weighted by Crippen LogP contribution is -2.30. The maximum Gasteiger partial charge on any atom is 0.262 e. The van der Waals surface area contributed by atoms with E-state index in [1.54, 1.807) is 17.5 Å². The van der Waals surface area contributed by atoms with Crippen LogP contribution >= 0.6 is 11.3 Å². The summed E-state index contributed by atoms with van der Waals surface area (Å²) in [5.74, 6) is 0.627. The first-order valence-electron chi connectivity index (χ1n) is 9.97. The third kappa shape index (κ3) is 4.17. The lowest BCUT2D eigenvalue weighted by atomic mass is 9.98. The summed E-state index contributed by atoms with van der Waals surface area (Å²) in [7, 11) is 0. The van der Waals surface area contributed by atoms with E-state index < -0.39 is 0 Å². The Bertz CT molecular complexity index is 1020. The number of amides is 1. The van der Waals surface area contributed by atoms with Gasteiger partial charge in [0.05, 0.1) is 16.3 Å². The fraction of sp³-hybridized carbons (Fsp3) is 0.348. The topological polar surface area (TPSA) is 58.1 Å². The Balaban J connectivity index is 1.45. The van der Waals surface area contributed by atoms with E-state index in [-0.39, 0.29) is 11.3 Å². The van der Waals surface area contributed by atoms with Crippen molar-refractivity contribution in [2.45, 2.75) is 39.0 Å². The monoisotopic (exact) mass is 406 g/mol. The Morgan fingerprint density at radius 1 is 1.21 bits per heavy atom. The van der Waals surface area contributed by atoms with Gasteiger partial charge in [0.1, 0.15) is 5.82 Å². The van der Waals surface area contributed by atoms with Crippen molar-refractivity contribution in [2.75, 3.05) is 23.3 Å². The first-order valence-corrected chi connectivity index (χ1v) is 10.8. The van der Waals surface area contributed by atoms with E-state index in [1.165, 1.54) is 5.56 Å². The predicted octanol–water partition coefficient (Wildman–Crippen LogP) is 4.69. The van der Waals surface area contributed by atoms with Crippen molar-refractivity contribution >= 4 is 28.7 Å². The van der Waals surface area contributed by atoms with Crippen molar-refractivity contribution in [3.63, 3.8) is 0 Å². The number of para-hydroxylation sites is 1. The summed E-state index contributed by atoms with van der Waals surface area (Å²) < 4.78 is 0. The van der Waals surface area contributed by atoms with Crippen LogP contribution in [0.3, 0.4) is 0 Å². The van der Waals surface area contributed by atoms with Crippen molar-refractivity contribution in [3.8, 4) is 0 Å². The molecule has 0 saturated carbocycles. The fourth-order valence-electron chi connectivity index (χ4n) is 3.49. The zero-order valence-electron chi connectivity index (χ0n) is 17.1. The molecule has 4 rings (SSSR count). The molecule has 0 fully saturated rings. The number of rotatable bonds is 5. The number of nitrogens with zero attached hydrogens (tertiary/aromatic N) is 3. The van der Waals surface area contributed by atoms with Crippen molar-refractivity contribution in [1.82, 2.24) is 9.97 Å². The Labute approximate surface area is 175 Å². The number of benzene rings is 1. The van der Waals surface area contributed by atoms with Gasteiger partial charge in [-0.25, -0.2) is 9.97 Å². The molecule has 0 atom stereocenters. The van der Waals surface area contributed by atoms with Crippen LogP contribution in [0.4, 0.5) is 11.5 Å². The second kappa shape index (κ2) is 7.95. The SMILES string of the molecule is CC(C)(C)c1nc(CCNc2ncccc2C(=O)N2CCc3ccccc32)cs1. The normalized spacial score (nSPS) is 13.4. The molecule has 29 heavy (non-hydrogen) atoms. The van der Waals surface area contributed by atoms with Crippen molar-refractivity contribution in [3.05, 3.63) is 69.8 Å². The molecule has 1 aliphatic rings. The minimum absolute atomic E-state index is 0.00535. The van der Waals surface area contributed by atoms with Gasteiger partial charge in [-0.15, -0.1) is 11.3 Å². The fourth-order valence-corrected chi connectivity index (χ4v) is 4.43. The summed E-state index contributed by atoms with van der Waals surface area (Å²) in [5, 5.41) is 6.61. The molecule has 5 nitrogen and oxygen atoms in total.